The molecule has 6 amide bonds. The second-order valence-electron chi connectivity index (χ2n) is 14.0. The highest BCUT2D eigenvalue weighted by Crippen LogP contribution is 2.21. The fraction of sp³-hybridized carbons (Fsp3) is 0.639. The number of carboxylic acids is 1. The van der Waals surface area contributed by atoms with E-state index in [0.717, 1.165) is 5.56 Å². The van der Waals surface area contributed by atoms with Crippen molar-refractivity contribution in [2.45, 2.75) is 122 Å². The summed E-state index contributed by atoms with van der Waals surface area (Å²) in [5, 5.41) is 20.0. The number of carbonyl (C=O) groups excluding carboxylic acids is 6. The number of nitrogens with two attached hydrogens (primary N) is 3. The maximum atomic E-state index is 14.1. The van der Waals surface area contributed by atoms with E-state index in [9.17, 15) is 38.7 Å². The van der Waals surface area contributed by atoms with Crippen LogP contribution in [0.5, 0.6) is 0 Å². The zero-order valence-corrected chi connectivity index (χ0v) is 30.8. The van der Waals surface area contributed by atoms with Crippen molar-refractivity contribution in [2.75, 3.05) is 13.1 Å². The number of amides is 6. The maximum absolute atomic E-state index is 14.1. The van der Waals surface area contributed by atoms with Crippen LogP contribution in [0, 0.1) is 11.8 Å². The third-order valence-corrected chi connectivity index (χ3v) is 9.19. The van der Waals surface area contributed by atoms with E-state index in [2.05, 4.69) is 21.3 Å². The summed E-state index contributed by atoms with van der Waals surface area (Å²) in [5.74, 6) is -5.87. The Morgan fingerprint density at radius 2 is 1.52 bits per heavy atom. The molecule has 0 bridgehead atoms. The van der Waals surface area contributed by atoms with Gasteiger partial charge in [-0.15, -0.1) is 0 Å². The van der Waals surface area contributed by atoms with Gasteiger partial charge in [0.05, 0.1) is 12.5 Å². The number of benzene rings is 1. The Morgan fingerprint density at radius 3 is 2.10 bits per heavy atom. The van der Waals surface area contributed by atoms with E-state index >= 15 is 0 Å². The summed E-state index contributed by atoms with van der Waals surface area (Å²) in [6.45, 7) is 7.95. The molecule has 1 heterocycles. The van der Waals surface area contributed by atoms with Crippen LogP contribution >= 0.6 is 0 Å². The molecule has 0 aromatic heterocycles. The van der Waals surface area contributed by atoms with Gasteiger partial charge in [0.15, 0.2) is 0 Å². The average Bonchev–Trinajstić information content (AvgIpc) is 3.59. The topological polar surface area (TPSA) is 269 Å². The van der Waals surface area contributed by atoms with Crippen molar-refractivity contribution in [3.63, 3.8) is 0 Å². The van der Waals surface area contributed by atoms with E-state index in [-0.39, 0.29) is 25.3 Å². The Balaban J connectivity index is 2.28. The maximum Gasteiger partial charge on any atom is 0.326 e. The monoisotopic (exact) mass is 730 g/mol. The molecule has 1 saturated heterocycles. The lowest BCUT2D eigenvalue weighted by Crippen LogP contribution is -2.60. The van der Waals surface area contributed by atoms with Gasteiger partial charge in [-0.05, 0) is 56.0 Å². The molecule has 16 heteroatoms. The van der Waals surface area contributed by atoms with Gasteiger partial charge in [-0.1, -0.05) is 70.9 Å². The van der Waals surface area contributed by atoms with E-state index < -0.39 is 90.0 Å². The molecular formula is C36H58N8O8. The Kier molecular flexibility index (Phi) is 18.2. The Hall–Kier alpha value is -4.57. The van der Waals surface area contributed by atoms with E-state index in [1.54, 1.807) is 6.92 Å². The smallest absolute Gasteiger partial charge is 0.326 e. The van der Waals surface area contributed by atoms with Gasteiger partial charge in [-0.2, -0.15) is 0 Å². The molecule has 1 aromatic carbocycles. The predicted octanol–water partition coefficient (Wildman–Crippen LogP) is -0.332. The third-order valence-electron chi connectivity index (χ3n) is 9.19. The number of carbonyl (C=O) groups is 7. The van der Waals surface area contributed by atoms with E-state index in [4.69, 9.17) is 17.2 Å². The summed E-state index contributed by atoms with van der Waals surface area (Å²) in [7, 11) is 0. The standard InChI is InChI=1S/C36H58N8O8/c1-5-22(4)30(34(49)40-25(18-21(2)3)32(47)42-27(36(51)52)20-29(39)45)43-33(48)28-15-11-17-44(28)35(50)26(19-23-12-7-6-8-13-23)41-31(46)24(38)14-9-10-16-37/h6-8,12-13,21-22,24-28,30H,5,9-11,14-20,37-38H2,1-4H3,(H2,39,45)(H,40,49)(H,41,46)(H,42,47)(H,43,48)(H,51,52)/t22-,24-,25-,26-,27-,28-,30-/m0/s1. The first-order valence-electron chi connectivity index (χ1n) is 18.1. The normalized spacial score (nSPS) is 17.6. The lowest BCUT2D eigenvalue weighted by molar-refractivity contribution is -0.144. The third kappa shape index (κ3) is 13.9. The van der Waals surface area contributed by atoms with Gasteiger partial charge >= 0.3 is 5.97 Å². The first-order chi connectivity index (χ1) is 24.6. The molecule has 0 saturated carbocycles. The van der Waals surface area contributed by atoms with Crippen molar-refractivity contribution >= 4 is 41.4 Å². The van der Waals surface area contributed by atoms with Crippen molar-refractivity contribution in [1.29, 1.82) is 0 Å². The molecule has 1 aliphatic rings. The molecule has 2 rings (SSSR count). The van der Waals surface area contributed by atoms with Gasteiger partial charge in [-0.25, -0.2) is 4.79 Å². The summed E-state index contributed by atoms with van der Waals surface area (Å²) in [5.41, 5.74) is 17.7. The number of rotatable bonds is 22. The number of unbranched alkanes of at least 4 members (excludes halogenated alkanes) is 1. The molecular weight excluding hydrogens is 672 g/mol. The average molecular weight is 731 g/mol. The number of carboxylic acid groups (broad SMARTS) is 1. The van der Waals surface area contributed by atoms with Crippen molar-refractivity contribution in [1.82, 2.24) is 26.2 Å². The fourth-order valence-electron chi connectivity index (χ4n) is 6.06. The van der Waals surface area contributed by atoms with Crippen LogP contribution in [0.4, 0.5) is 0 Å². The zero-order valence-electron chi connectivity index (χ0n) is 30.8. The van der Waals surface area contributed by atoms with Crippen LogP contribution in [0.2, 0.25) is 0 Å². The molecule has 0 unspecified atom stereocenters. The molecule has 0 spiro atoms. The molecule has 0 aliphatic carbocycles. The zero-order chi connectivity index (χ0) is 39.0. The molecule has 1 fully saturated rings. The molecule has 290 valence electrons. The van der Waals surface area contributed by atoms with Gasteiger partial charge in [-0.3, -0.25) is 28.8 Å². The van der Waals surface area contributed by atoms with Crippen LogP contribution in [-0.2, 0) is 40.0 Å². The first kappa shape index (κ1) is 43.6. The van der Waals surface area contributed by atoms with Crippen molar-refractivity contribution in [2.24, 2.45) is 29.0 Å². The number of hydrogen-bond acceptors (Lipinski definition) is 9. The van der Waals surface area contributed by atoms with Crippen LogP contribution in [0.25, 0.3) is 0 Å². The summed E-state index contributed by atoms with van der Waals surface area (Å²) in [4.78, 5) is 92.5. The van der Waals surface area contributed by atoms with Gasteiger partial charge in [0.1, 0.15) is 30.2 Å². The molecule has 16 nitrogen and oxygen atoms in total. The molecule has 7 atom stereocenters. The van der Waals surface area contributed by atoms with Gasteiger partial charge < -0.3 is 48.5 Å². The number of nitrogens with one attached hydrogen (secondary N) is 4. The minimum atomic E-state index is -1.59. The highest BCUT2D eigenvalue weighted by molar-refractivity contribution is 5.97. The quantitative estimate of drug-likeness (QED) is 0.0720. The summed E-state index contributed by atoms with van der Waals surface area (Å²) in [6.07, 6.45) is 2.75. The minimum Gasteiger partial charge on any atom is -0.480 e. The van der Waals surface area contributed by atoms with Crippen LogP contribution in [0.1, 0.15) is 84.6 Å². The summed E-state index contributed by atoms with van der Waals surface area (Å²) in [6, 6.07) is 2.51. The highest BCUT2D eigenvalue weighted by atomic mass is 16.4. The SMILES string of the molecule is CC[C@H](C)[C@H](NC(=O)[C@@H]1CCCN1C(=O)[C@H](Cc1ccccc1)NC(=O)[C@@H](N)CCCCN)C(=O)N[C@@H](CC(C)C)C(=O)N[C@@H](CC(N)=O)C(=O)O. The van der Waals surface area contributed by atoms with Crippen LogP contribution in [-0.4, -0.2) is 101 Å². The molecule has 52 heavy (non-hydrogen) atoms. The number of likely N-dealkylation sites (tertiary alicyclic amines) is 1. The number of primary amides is 1. The van der Waals surface area contributed by atoms with E-state index in [1.807, 2.05) is 51.1 Å². The van der Waals surface area contributed by atoms with Crippen LogP contribution < -0.4 is 38.5 Å². The molecule has 1 aromatic rings. The Bertz CT molecular complexity index is 1380. The van der Waals surface area contributed by atoms with E-state index in [0.29, 0.717) is 45.1 Å². The lowest BCUT2D eigenvalue weighted by atomic mass is 9.96. The van der Waals surface area contributed by atoms with Gasteiger partial charge in [0.25, 0.3) is 0 Å². The van der Waals surface area contributed by atoms with Crippen molar-refractivity contribution < 1.29 is 38.7 Å². The van der Waals surface area contributed by atoms with Crippen molar-refractivity contribution in [3.05, 3.63) is 35.9 Å². The second kappa shape index (κ2) is 21.7. The molecule has 0 radical (unpaired) electrons. The number of hydrogen-bond donors (Lipinski definition) is 8. The molecule has 1 aliphatic heterocycles. The fourth-order valence-corrected chi connectivity index (χ4v) is 6.06. The van der Waals surface area contributed by atoms with Gasteiger partial charge in [0.2, 0.25) is 35.4 Å². The van der Waals surface area contributed by atoms with Gasteiger partial charge in [0, 0.05) is 13.0 Å². The number of nitrogens with zero attached hydrogens (tertiary/aromatic N) is 1. The second-order valence-corrected chi connectivity index (χ2v) is 14.0. The molecule has 11 N–H and O–H groups in total. The first-order valence-corrected chi connectivity index (χ1v) is 18.1. The van der Waals surface area contributed by atoms with Crippen molar-refractivity contribution in [3.8, 4) is 0 Å². The Morgan fingerprint density at radius 1 is 0.885 bits per heavy atom. The highest BCUT2D eigenvalue weighted by Gasteiger charge is 2.40. The largest absolute Gasteiger partial charge is 0.480 e. The van der Waals surface area contributed by atoms with E-state index in [1.165, 1.54) is 4.90 Å². The summed E-state index contributed by atoms with van der Waals surface area (Å²) < 4.78 is 0. The summed E-state index contributed by atoms with van der Waals surface area (Å²) >= 11 is 0. The van der Waals surface area contributed by atoms with Crippen LogP contribution in [0.15, 0.2) is 30.3 Å². The lowest BCUT2D eigenvalue weighted by Gasteiger charge is -2.32. The number of aliphatic carboxylic acids is 1. The Labute approximate surface area is 305 Å². The minimum absolute atomic E-state index is 0.102. The van der Waals surface area contributed by atoms with Crippen LogP contribution in [0.3, 0.4) is 0 Å². The predicted molar refractivity (Wildman–Crippen MR) is 194 cm³/mol.